The van der Waals surface area contributed by atoms with Gasteiger partial charge in [-0.05, 0) is 31.6 Å². The van der Waals surface area contributed by atoms with Crippen LogP contribution in [0.4, 0.5) is 0 Å². The van der Waals surface area contributed by atoms with E-state index < -0.39 is 17.9 Å². The number of nitrogens with zero attached hydrogens (tertiary/aromatic N) is 1. The van der Waals surface area contributed by atoms with E-state index in [0.717, 1.165) is 13.1 Å². The first-order chi connectivity index (χ1) is 10.0. The highest BCUT2D eigenvalue weighted by Crippen LogP contribution is 2.11. The number of carboxylic acids is 1. The molecule has 2 N–H and O–H groups in total. The lowest BCUT2D eigenvalue weighted by molar-refractivity contribution is -0.139. The van der Waals surface area contributed by atoms with Gasteiger partial charge in [0.1, 0.15) is 11.8 Å². The fraction of sp³-hybridized carbons (Fsp3) is 0.600. The third-order valence-corrected chi connectivity index (χ3v) is 3.34. The van der Waals surface area contributed by atoms with Crippen molar-refractivity contribution in [1.29, 1.82) is 0 Å². The van der Waals surface area contributed by atoms with Gasteiger partial charge in [-0.3, -0.25) is 9.69 Å². The van der Waals surface area contributed by atoms with Gasteiger partial charge in [-0.1, -0.05) is 27.2 Å². The molecule has 6 heteroatoms. The Morgan fingerprint density at radius 2 is 1.95 bits per heavy atom. The van der Waals surface area contributed by atoms with Crippen LogP contribution in [-0.4, -0.2) is 41.0 Å². The van der Waals surface area contributed by atoms with Gasteiger partial charge in [0.2, 0.25) is 0 Å². The molecular formula is C15H24N2O4. The Bertz CT molecular complexity index is 466. The van der Waals surface area contributed by atoms with Crippen molar-refractivity contribution < 1.29 is 19.1 Å². The number of hydrogen-bond donors (Lipinski definition) is 2. The average Bonchev–Trinajstić information content (AvgIpc) is 2.92. The summed E-state index contributed by atoms with van der Waals surface area (Å²) in [5, 5.41) is 11.5. The first-order valence-corrected chi connectivity index (χ1v) is 7.36. The number of carboxylic acid groups (broad SMARTS) is 1. The Kier molecular flexibility index (Phi) is 6.94. The lowest BCUT2D eigenvalue weighted by atomic mass is 10.1. The van der Waals surface area contributed by atoms with Crippen molar-refractivity contribution in [2.24, 2.45) is 0 Å². The summed E-state index contributed by atoms with van der Waals surface area (Å²) in [5.74, 6) is -0.660. The summed E-state index contributed by atoms with van der Waals surface area (Å²) >= 11 is 0. The van der Waals surface area contributed by atoms with Crippen LogP contribution in [0.15, 0.2) is 16.5 Å². The van der Waals surface area contributed by atoms with Crippen molar-refractivity contribution in [3.05, 3.63) is 23.7 Å². The molecule has 1 unspecified atom stereocenters. The minimum atomic E-state index is -1.03. The van der Waals surface area contributed by atoms with E-state index in [1.807, 2.05) is 6.92 Å². The fourth-order valence-corrected chi connectivity index (χ4v) is 2.03. The van der Waals surface area contributed by atoms with Gasteiger partial charge in [-0.2, -0.15) is 0 Å². The van der Waals surface area contributed by atoms with Crippen molar-refractivity contribution >= 4 is 11.9 Å². The van der Waals surface area contributed by atoms with E-state index in [9.17, 15) is 9.59 Å². The highest BCUT2D eigenvalue weighted by Gasteiger charge is 2.21. The molecule has 0 aromatic carbocycles. The standard InChI is InChI=1S/C15H24N2O4/c1-4-7-12(15(19)20)16-14(18)13-9-8-11(21-13)10-17(5-2)6-3/h8-9,12H,4-7,10H2,1-3H3,(H,16,18)(H,19,20). The summed E-state index contributed by atoms with van der Waals surface area (Å²) in [6.45, 7) is 8.42. The molecule has 1 aromatic heterocycles. The molecule has 1 amide bonds. The molecule has 1 atom stereocenters. The number of aliphatic carboxylic acids is 1. The maximum Gasteiger partial charge on any atom is 0.326 e. The van der Waals surface area contributed by atoms with Crippen LogP contribution in [0.3, 0.4) is 0 Å². The zero-order valence-corrected chi connectivity index (χ0v) is 12.9. The molecule has 0 aliphatic heterocycles. The molecule has 118 valence electrons. The van der Waals surface area contributed by atoms with Gasteiger partial charge in [-0.15, -0.1) is 0 Å². The first-order valence-electron chi connectivity index (χ1n) is 7.36. The first kappa shape index (κ1) is 17.2. The predicted octanol–water partition coefficient (Wildman–Crippen LogP) is 2.10. The van der Waals surface area contributed by atoms with Crippen molar-refractivity contribution in [1.82, 2.24) is 10.2 Å². The summed E-state index contributed by atoms with van der Waals surface area (Å²) in [6.07, 6.45) is 1.08. The molecule has 1 heterocycles. The molecule has 0 saturated carbocycles. The molecule has 1 aromatic rings. The van der Waals surface area contributed by atoms with Crippen LogP contribution >= 0.6 is 0 Å². The fourth-order valence-electron chi connectivity index (χ4n) is 2.03. The SMILES string of the molecule is CCCC(NC(=O)c1ccc(CN(CC)CC)o1)C(=O)O. The highest BCUT2D eigenvalue weighted by atomic mass is 16.4. The number of hydrogen-bond acceptors (Lipinski definition) is 4. The van der Waals surface area contributed by atoms with Gasteiger partial charge >= 0.3 is 5.97 Å². The molecule has 0 bridgehead atoms. The van der Waals surface area contributed by atoms with Gasteiger partial charge in [0.05, 0.1) is 6.54 Å². The summed E-state index contributed by atoms with van der Waals surface area (Å²) in [5.41, 5.74) is 0. The summed E-state index contributed by atoms with van der Waals surface area (Å²) in [6, 6.07) is 2.46. The van der Waals surface area contributed by atoms with Crippen LogP contribution in [0.25, 0.3) is 0 Å². The topological polar surface area (TPSA) is 82.8 Å². The van der Waals surface area contributed by atoms with Crippen molar-refractivity contribution in [3.8, 4) is 0 Å². The quantitative estimate of drug-likeness (QED) is 0.729. The van der Waals surface area contributed by atoms with Gasteiger partial charge in [0, 0.05) is 0 Å². The average molecular weight is 296 g/mol. The zero-order chi connectivity index (χ0) is 15.8. The van der Waals surface area contributed by atoms with Crippen LogP contribution in [-0.2, 0) is 11.3 Å². The van der Waals surface area contributed by atoms with E-state index in [-0.39, 0.29) is 5.76 Å². The maximum atomic E-state index is 12.0. The Balaban J connectivity index is 2.66. The Morgan fingerprint density at radius 3 is 2.48 bits per heavy atom. The van der Waals surface area contributed by atoms with Crippen LogP contribution in [0.5, 0.6) is 0 Å². The molecule has 0 fully saturated rings. The van der Waals surface area contributed by atoms with Crippen molar-refractivity contribution in [3.63, 3.8) is 0 Å². The van der Waals surface area contributed by atoms with Gasteiger partial charge in [0.15, 0.2) is 5.76 Å². The van der Waals surface area contributed by atoms with E-state index in [1.54, 1.807) is 12.1 Å². The van der Waals surface area contributed by atoms with Crippen LogP contribution in [0.1, 0.15) is 49.9 Å². The van der Waals surface area contributed by atoms with Crippen molar-refractivity contribution in [2.45, 2.75) is 46.2 Å². The van der Waals surface area contributed by atoms with Gasteiger partial charge in [-0.25, -0.2) is 4.79 Å². The van der Waals surface area contributed by atoms with Crippen LogP contribution in [0.2, 0.25) is 0 Å². The minimum absolute atomic E-state index is 0.152. The zero-order valence-electron chi connectivity index (χ0n) is 12.9. The summed E-state index contributed by atoms with van der Waals surface area (Å²) < 4.78 is 5.49. The number of carbonyl (C=O) groups is 2. The third-order valence-electron chi connectivity index (χ3n) is 3.34. The Hall–Kier alpha value is -1.82. The largest absolute Gasteiger partial charge is 0.480 e. The number of nitrogens with one attached hydrogen (secondary N) is 1. The summed E-state index contributed by atoms with van der Waals surface area (Å²) in [4.78, 5) is 25.2. The van der Waals surface area contributed by atoms with E-state index in [2.05, 4.69) is 24.1 Å². The second kappa shape index (κ2) is 8.46. The number of carbonyl (C=O) groups excluding carboxylic acids is 1. The molecule has 0 spiro atoms. The second-order valence-corrected chi connectivity index (χ2v) is 4.88. The maximum absolute atomic E-state index is 12.0. The monoisotopic (exact) mass is 296 g/mol. The van der Waals surface area contributed by atoms with E-state index >= 15 is 0 Å². The number of furan rings is 1. The molecule has 0 aliphatic rings. The second-order valence-electron chi connectivity index (χ2n) is 4.88. The molecule has 0 radical (unpaired) electrons. The Labute approximate surface area is 125 Å². The number of amides is 1. The molecule has 0 saturated heterocycles. The molecule has 6 nitrogen and oxygen atoms in total. The minimum Gasteiger partial charge on any atom is -0.480 e. The lowest BCUT2D eigenvalue weighted by Gasteiger charge is -2.15. The normalized spacial score (nSPS) is 12.4. The third kappa shape index (κ3) is 5.23. The number of rotatable bonds is 9. The van der Waals surface area contributed by atoms with Gasteiger partial charge < -0.3 is 14.8 Å². The summed E-state index contributed by atoms with van der Waals surface area (Å²) in [7, 11) is 0. The van der Waals surface area contributed by atoms with E-state index in [4.69, 9.17) is 9.52 Å². The van der Waals surface area contributed by atoms with Crippen LogP contribution < -0.4 is 5.32 Å². The Morgan fingerprint density at radius 1 is 1.29 bits per heavy atom. The molecular weight excluding hydrogens is 272 g/mol. The lowest BCUT2D eigenvalue weighted by Crippen LogP contribution is -2.40. The van der Waals surface area contributed by atoms with Crippen LogP contribution in [0, 0.1) is 0 Å². The molecule has 0 aliphatic carbocycles. The predicted molar refractivity (Wildman–Crippen MR) is 79.1 cm³/mol. The van der Waals surface area contributed by atoms with Crippen molar-refractivity contribution in [2.75, 3.05) is 13.1 Å². The molecule has 21 heavy (non-hydrogen) atoms. The van der Waals surface area contributed by atoms with Gasteiger partial charge in [0.25, 0.3) is 5.91 Å². The highest BCUT2D eigenvalue weighted by molar-refractivity contribution is 5.94. The molecule has 1 rings (SSSR count). The van der Waals surface area contributed by atoms with E-state index in [1.165, 1.54) is 0 Å². The smallest absolute Gasteiger partial charge is 0.326 e. The van der Waals surface area contributed by atoms with E-state index in [0.29, 0.717) is 25.1 Å².